The molecule has 3 rings (SSSR count). The number of carbonyl (C=O) groups excluding carboxylic acids is 1. The van der Waals surface area contributed by atoms with Crippen molar-refractivity contribution in [1.82, 2.24) is 18.7 Å². The van der Waals surface area contributed by atoms with E-state index >= 15 is 0 Å². The third-order valence-corrected chi connectivity index (χ3v) is 4.78. The Bertz CT molecular complexity index is 1150. The van der Waals surface area contributed by atoms with Crippen molar-refractivity contribution in [2.45, 2.75) is 26.8 Å². The van der Waals surface area contributed by atoms with Gasteiger partial charge in [0.15, 0.2) is 11.2 Å². The summed E-state index contributed by atoms with van der Waals surface area (Å²) in [4.78, 5) is 40.5. The predicted molar refractivity (Wildman–Crippen MR) is 107 cm³/mol. The van der Waals surface area contributed by atoms with Crippen molar-refractivity contribution in [2.75, 3.05) is 13.2 Å². The summed E-state index contributed by atoms with van der Waals surface area (Å²) in [6, 6.07) is 5.89. The van der Waals surface area contributed by atoms with Crippen molar-refractivity contribution in [3.63, 3.8) is 0 Å². The third-order valence-electron chi connectivity index (χ3n) is 4.78. The molecule has 2 aromatic heterocycles. The first-order valence-corrected chi connectivity index (χ1v) is 9.26. The lowest BCUT2D eigenvalue weighted by atomic mass is 10.1. The number of aryl methyl sites for hydroxylation is 4. The summed E-state index contributed by atoms with van der Waals surface area (Å²) in [5.74, 6) is 0.397. The van der Waals surface area contributed by atoms with E-state index in [-0.39, 0.29) is 37.3 Å². The van der Waals surface area contributed by atoms with Crippen LogP contribution in [0.2, 0.25) is 0 Å². The third kappa shape index (κ3) is 4.08. The fourth-order valence-electron chi connectivity index (χ4n) is 3.18. The van der Waals surface area contributed by atoms with E-state index in [1.165, 1.54) is 17.9 Å². The first-order chi connectivity index (χ1) is 13.8. The van der Waals surface area contributed by atoms with E-state index in [0.29, 0.717) is 0 Å². The Balaban J connectivity index is 1.56. The van der Waals surface area contributed by atoms with Gasteiger partial charge in [-0.15, -0.1) is 0 Å². The maximum atomic E-state index is 12.4. The minimum absolute atomic E-state index is 0.0703. The molecular weight excluding hydrogens is 376 g/mol. The first kappa shape index (κ1) is 20.4. The number of para-hydroxylation sites is 1. The zero-order valence-electron chi connectivity index (χ0n) is 17.0. The number of benzene rings is 1. The molecule has 0 N–H and O–H groups in total. The second kappa shape index (κ2) is 8.34. The van der Waals surface area contributed by atoms with Crippen LogP contribution in [-0.2, 0) is 30.2 Å². The fourth-order valence-corrected chi connectivity index (χ4v) is 3.18. The minimum Gasteiger partial charge on any atom is -0.489 e. The number of esters is 1. The number of carbonyl (C=O) groups is 1. The van der Waals surface area contributed by atoms with E-state index in [4.69, 9.17) is 9.47 Å². The highest BCUT2D eigenvalue weighted by molar-refractivity contribution is 5.71. The average molecular weight is 400 g/mol. The van der Waals surface area contributed by atoms with Crippen molar-refractivity contribution in [1.29, 1.82) is 0 Å². The molecule has 0 aliphatic carbocycles. The van der Waals surface area contributed by atoms with Crippen molar-refractivity contribution >= 4 is 17.1 Å². The second-order valence-corrected chi connectivity index (χ2v) is 6.86. The summed E-state index contributed by atoms with van der Waals surface area (Å²) in [6.45, 7) is 4.54. The van der Waals surface area contributed by atoms with Crippen molar-refractivity contribution < 1.29 is 14.3 Å². The van der Waals surface area contributed by atoms with Crippen molar-refractivity contribution in [3.8, 4) is 5.75 Å². The summed E-state index contributed by atoms with van der Waals surface area (Å²) in [5.41, 5.74) is 1.72. The topological polar surface area (TPSA) is 97.3 Å². The number of aromatic nitrogens is 4. The van der Waals surface area contributed by atoms with Gasteiger partial charge in [0.1, 0.15) is 19.0 Å². The summed E-state index contributed by atoms with van der Waals surface area (Å²) in [6.07, 6.45) is 1.52. The van der Waals surface area contributed by atoms with Gasteiger partial charge in [-0.3, -0.25) is 18.7 Å². The minimum atomic E-state index is -0.448. The summed E-state index contributed by atoms with van der Waals surface area (Å²) in [7, 11) is 2.96. The van der Waals surface area contributed by atoms with Crippen molar-refractivity contribution in [2.24, 2.45) is 14.1 Å². The maximum Gasteiger partial charge on any atom is 0.332 e. The predicted octanol–water partition coefficient (Wildman–Crippen LogP) is 1.06. The molecule has 9 heteroatoms. The van der Waals surface area contributed by atoms with E-state index in [2.05, 4.69) is 4.98 Å². The lowest BCUT2D eigenvalue weighted by Gasteiger charge is -2.12. The number of ether oxygens (including phenoxy) is 2. The molecule has 0 fully saturated rings. The molecule has 1 aromatic carbocycles. The SMILES string of the molecule is Cc1cccc(C)c1OCCOC(=O)CCn1cnc2c1c(=O)n(C)c(=O)n2C. The van der Waals surface area contributed by atoms with Crippen LogP contribution >= 0.6 is 0 Å². The van der Waals surface area contributed by atoms with Crippen LogP contribution in [-0.4, -0.2) is 37.9 Å². The Hall–Kier alpha value is -3.36. The average Bonchev–Trinajstić information content (AvgIpc) is 3.12. The van der Waals surface area contributed by atoms with Gasteiger partial charge in [0, 0.05) is 20.6 Å². The normalized spacial score (nSPS) is 11.0. The van der Waals surface area contributed by atoms with Gasteiger partial charge < -0.3 is 14.0 Å². The highest BCUT2D eigenvalue weighted by Crippen LogP contribution is 2.22. The summed E-state index contributed by atoms with van der Waals surface area (Å²) in [5, 5.41) is 0. The standard InChI is InChI=1S/C20H24N4O5/c1-13-6-5-7-14(2)17(13)29-11-10-28-15(25)8-9-24-12-21-18-16(24)19(26)23(4)20(27)22(18)3/h5-7,12H,8-11H2,1-4H3. The van der Waals surface area contributed by atoms with Crippen LogP contribution in [0.25, 0.3) is 11.2 Å². The number of rotatable bonds is 7. The Morgan fingerprint density at radius 3 is 2.45 bits per heavy atom. The van der Waals surface area contributed by atoms with E-state index in [1.54, 1.807) is 11.6 Å². The molecule has 0 saturated heterocycles. The van der Waals surface area contributed by atoms with Gasteiger partial charge in [0.25, 0.3) is 5.56 Å². The molecule has 0 unspecified atom stereocenters. The Morgan fingerprint density at radius 2 is 1.76 bits per heavy atom. The van der Waals surface area contributed by atoms with Crippen LogP contribution in [0.4, 0.5) is 0 Å². The molecule has 0 atom stereocenters. The van der Waals surface area contributed by atoms with Crippen LogP contribution in [0.15, 0.2) is 34.1 Å². The number of nitrogens with zero attached hydrogens (tertiary/aromatic N) is 4. The molecule has 0 amide bonds. The number of hydrogen-bond acceptors (Lipinski definition) is 6. The molecule has 3 aromatic rings. The quantitative estimate of drug-likeness (QED) is 0.435. The molecule has 29 heavy (non-hydrogen) atoms. The summed E-state index contributed by atoms with van der Waals surface area (Å²) >= 11 is 0. The van der Waals surface area contributed by atoms with Gasteiger partial charge in [-0.25, -0.2) is 9.78 Å². The van der Waals surface area contributed by atoms with Gasteiger partial charge in [-0.1, -0.05) is 18.2 Å². The second-order valence-electron chi connectivity index (χ2n) is 6.86. The molecule has 0 spiro atoms. The van der Waals surface area contributed by atoms with Crippen LogP contribution in [0.3, 0.4) is 0 Å². The Kier molecular flexibility index (Phi) is 5.86. The number of fused-ring (bicyclic) bond motifs is 1. The number of imidazole rings is 1. The van der Waals surface area contributed by atoms with Crippen LogP contribution < -0.4 is 16.0 Å². The molecule has 0 bridgehead atoms. The summed E-state index contributed by atoms with van der Waals surface area (Å²) < 4.78 is 14.8. The van der Waals surface area contributed by atoms with Crippen LogP contribution in [0.5, 0.6) is 5.75 Å². The highest BCUT2D eigenvalue weighted by Gasteiger charge is 2.15. The van der Waals surface area contributed by atoms with Gasteiger partial charge >= 0.3 is 11.7 Å². The van der Waals surface area contributed by atoms with E-state index in [0.717, 1.165) is 21.4 Å². The molecule has 0 aliphatic rings. The van der Waals surface area contributed by atoms with E-state index in [1.807, 2.05) is 32.0 Å². The van der Waals surface area contributed by atoms with Crippen LogP contribution in [0.1, 0.15) is 17.5 Å². The van der Waals surface area contributed by atoms with Gasteiger partial charge in [0.2, 0.25) is 0 Å². The van der Waals surface area contributed by atoms with E-state index in [9.17, 15) is 14.4 Å². The molecule has 0 radical (unpaired) electrons. The lowest BCUT2D eigenvalue weighted by molar-refractivity contribution is -0.144. The zero-order valence-corrected chi connectivity index (χ0v) is 17.0. The van der Waals surface area contributed by atoms with Crippen molar-refractivity contribution in [3.05, 3.63) is 56.5 Å². The van der Waals surface area contributed by atoms with Gasteiger partial charge in [0.05, 0.1) is 12.7 Å². The Morgan fingerprint density at radius 1 is 1.07 bits per heavy atom. The van der Waals surface area contributed by atoms with Crippen LogP contribution in [0, 0.1) is 13.8 Å². The van der Waals surface area contributed by atoms with Gasteiger partial charge in [-0.2, -0.15) is 0 Å². The molecule has 0 aliphatic heterocycles. The molecule has 9 nitrogen and oxygen atoms in total. The molecule has 2 heterocycles. The molecule has 0 saturated carbocycles. The van der Waals surface area contributed by atoms with E-state index < -0.39 is 17.2 Å². The fraction of sp³-hybridized carbons (Fsp3) is 0.400. The zero-order chi connectivity index (χ0) is 21.1. The molecule has 154 valence electrons. The first-order valence-electron chi connectivity index (χ1n) is 9.26. The molecular formula is C20H24N4O5. The largest absolute Gasteiger partial charge is 0.489 e. The maximum absolute atomic E-state index is 12.4. The highest BCUT2D eigenvalue weighted by atomic mass is 16.6. The van der Waals surface area contributed by atoms with Gasteiger partial charge in [-0.05, 0) is 25.0 Å². The number of hydrogen-bond donors (Lipinski definition) is 0. The smallest absolute Gasteiger partial charge is 0.332 e. The Labute approximate surface area is 167 Å². The lowest BCUT2D eigenvalue weighted by Crippen LogP contribution is -2.37. The monoisotopic (exact) mass is 400 g/mol.